The molecule has 126 valence electrons. The number of amides is 1. The van der Waals surface area contributed by atoms with Crippen molar-refractivity contribution in [1.29, 1.82) is 0 Å². The van der Waals surface area contributed by atoms with Crippen LogP contribution in [0.5, 0.6) is 0 Å². The number of carboxylic acid groups (broad SMARTS) is 1. The molecule has 0 unspecified atom stereocenters. The highest BCUT2D eigenvalue weighted by molar-refractivity contribution is 6.08. The monoisotopic (exact) mass is 327 g/mol. The first-order valence-corrected chi connectivity index (χ1v) is 7.98. The van der Waals surface area contributed by atoms with Crippen LogP contribution in [0.25, 0.3) is 10.9 Å². The van der Waals surface area contributed by atoms with Gasteiger partial charge in [-0.3, -0.25) is 9.78 Å². The summed E-state index contributed by atoms with van der Waals surface area (Å²) in [6.45, 7) is 6.56. The fraction of sp³-hybridized carbons (Fsp3) is 0.389. The fourth-order valence-electron chi connectivity index (χ4n) is 3.32. The molecule has 2 heterocycles. The van der Waals surface area contributed by atoms with Gasteiger partial charge in [0.15, 0.2) is 5.54 Å². The van der Waals surface area contributed by atoms with Crippen LogP contribution in [0.4, 0.5) is 0 Å². The first kappa shape index (κ1) is 16.4. The molecule has 1 saturated heterocycles. The van der Waals surface area contributed by atoms with Gasteiger partial charge in [0.1, 0.15) is 0 Å². The third kappa shape index (κ3) is 2.73. The molecule has 0 spiro atoms. The number of carbonyl (C=O) groups is 2. The molecule has 2 aromatic rings. The van der Waals surface area contributed by atoms with E-state index in [1.807, 2.05) is 32.9 Å². The summed E-state index contributed by atoms with van der Waals surface area (Å²) >= 11 is 0. The van der Waals surface area contributed by atoms with Crippen molar-refractivity contribution in [2.24, 2.45) is 0 Å². The second-order valence-corrected chi connectivity index (χ2v) is 6.56. The van der Waals surface area contributed by atoms with E-state index in [2.05, 4.69) is 15.6 Å². The van der Waals surface area contributed by atoms with Crippen molar-refractivity contribution in [1.82, 2.24) is 15.6 Å². The highest BCUT2D eigenvalue weighted by atomic mass is 16.4. The van der Waals surface area contributed by atoms with E-state index < -0.39 is 11.5 Å². The molecule has 1 aliphatic heterocycles. The number of hydrogen-bond donors (Lipinski definition) is 3. The predicted octanol–water partition coefficient (Wildman–Crippen LogP) is 1.71. The lowest BCUT2D eigenvalue weighted by Crippen LogP contribution is -2.56. The van der Waals surface area contributed by atoms with Crippen LogP contribution in [-0.4, -0.2) is 40.6 Å². The fourth-order valence-corrected chi connectivity index (χ4v) is 3.32. The summed E-state index contributed by atoms with van der Waals surface area (Å²) in [5.41, 5.74) is 2.76. The van der Waals surface area contributed by atoms with Crippen molar-refractivity contribution in [2.45, 2.75) is 32.7 Å². The number of carbonyl (C=O) groups excluding carboxylic acids is 1. The Balaban J connectivity index is 2.08. The van der Waals surface area contributed by atoms with E-state index in [-0.39, 0.29) is 12.5 Å². The van der Waals surface area contributed by atoms with Gasteiger partial charge in [0.05, 0.1) is 11.1 Å². The van der Waals surface area contributed by atoms with Gasteiger partial charge >= 0.3 is 5.97 Å². The van der Waals surface area contributed by atoms with Crippen molar-refractivity contribution in [3.8, 4) is 0 Å². The van der Waals surface area contributed by atoms with Gasteiger partial charge in [-0.1, -0.05) is 11.6 Å². The number of aliphatic carboxylic acids is 1. The van der Waals surface area contributed by atoms with Crippen molar-refractivity contribution < 1.29 is 14.7 Å². The Morgan fingerprint density at radius 1 is 1.25 bits per heavy atom. The minimum absolute atomic E-state index is 0.230. The predicted molar refractivity (Wildman–Crippen MR) is 91.3 cm³/mol. The summed E-state index contributed by atoms with van der Waals surface area (Å²) in [6, 6.07) is 5.66. The number of hydrogen-bond acceptors (Lipinski definition) is 4. The Hall–Kier alpha value is -2.47. The molecule has 1 amide bonds. The number of nitrogens with zero attached hydrogens (tertiary/aromatic N) is 1. The van der Waals surface area contributed by atoms with Crippen LogP contribution in [0.1, 0.15) is 33.6 Å². The summed E-state index contributed by atoms with van der Waals surface area (Å²) < 4.78 is 0. The number of benzene rings is 1. The molecule has 0 bridgehead atoms. The quantitative estimate of drug-likeness (QED) is 0.798. The lowest BCUT2D eigenvalue weighted by atomic mass is 9.96. The molecular formula is C18H21N3O3. The molecule has 1 aromatic heterocycles. The molecule has 1 aromatic carbocycles. The Morgan fingerprint density at radius 3 is 2.62 bits per heavy atom. The number of aryl methyl sites for hydroxylation is 3. The molecular weight excluding hydrogens is 306 g/mol. The van der Waals surface area contributed by atoms with Crippen LogP contribution >= 0.6 is 0 Å². The largest absolute Gasteiger partial charge is 0.479 e. The molecule has 1 aliphatic rings. The molecule has 0 saturated carbocycles. The van der Waals surface area contributed by atoms with Crippen LogP contribution in [-0.2, 0) is 4.79 Å². The number of fused-ring (bicyclic) bond motifs is 1. The Labute approximate surface area is 140 Å². The molecule has 6 heteroatoms. The smallest absolute Gasteiger partial charge is 0.330 e. The molecule has 1 fully saturated rings. The average molecular weight is 327 g/mol. The van der Waals surface area contributed by atoms with E-state index in [0.29, 0.717) is 18.5 Å². The normalized spacial score (nSPS) is 20.3. The van der Waals surface area contributed by atoms with Crippen molar-refractivity contribution in [3.05, 3.63) is 40.6 Å². The summed E-state index contributed by atoms with van der Waals surface area (Å²) in [5, 5.41) is 16.0. The maximum Gasteiger partial charge on any atom is 0.330 e. The molecule has 1 atom stereocenters. The molecule has 3 rings (SSSR count). The van der Waals surface area contributed by atoms with Crippen LogP contribution in [0, 0.1) is 20.8 Å². The standard InChI is InChI=1S/C18H21N3O3/c1-10-6-11(2)15-13(7-10)14(8-12(3)20-15)16(22)21-18(17(23)24)4-5-19-9-18/h6-8,19H,4-5,9H2,1-3H3,(H,21,22)(H,23,24)/t18-/m1/s1. The maximum atomic E-state index is 12.9. The Kier molecular flexibility index (Phi) is 4.01. The maximum absolute atomic E-state index is 12.9. The molecule has 0 aliphatic carbocycles. The second kappa shape index (κ2) is 5.87. The van der Waals surface area contributed by atoms with Gasteiger partial charge in [0.2, 0.25) is 0 Å². The number of aromatic nitrogens is 1. The van der Waals surface area contributed by atoms with E-state index >= 15 is 0 Å². The van der Waals surface area contributed by atoms with E-state index in [0.717, 1.165) is 27.7 Å². The van der Waals surface area contributed by atoms with Gasteiger partial charge in [-0.2, -0.15) is 0 Å². The highest BCUT2D eigenvalue weighted by Gasteiger charge is 2.43. The number of rotatable bonds is 3. The van der Waals surface area contributed by atoms with Crippen molar-refractivity contribution in [3.63, 3.8) is 0 Å². The van der Waals surface area contributed by atoms with E-state index in [4.69, 9.17) is 0 Å². The Bertz CT molecular complexity index is 839. The average Bonchev–Trinajstić information content (AvgIpc) is 2.97. The zero-order valence-corrected chi connectivity index (χ0v) is 14.1. The zero-order chi connectivity index (χ0) is 17.5. The first-order chi connectivity index (χ1) is 11.3. The van der Waals surface area contributed by atoms with E-state index in [1.165, 1.54) is 0 Å². The van der Waals surface area contributed by atoms with E-state index in [9.17, 15) is 14.7 Å². The van der Waals surface area contributed by atoms with Crippen molar-refractivity contribution in [2.75, 3.05) is 13.1 Å². The number of nitrogens with one attached hydrogen (secondary N) is 2. The van der Waals surface area contributed by atoms with Crippen LogP contribution in [0.15, 0.2) is 18.2 Å². The van der Waals surface area contributed by atoms with E-state index in [1.54, 1.807) is 6.07 Å². The lowest BCUT2D eigenvalue weighted by molar-refractivity contribution is -0.143. The molecule has 0 radical (unpaired) electrons. The molecule has 3 N–H and O–H groups in total. The third-order valence-corrected chi connectivity index (χ3v) is 4.54. The summed E-state index contributed by atoms with van der Waals surface area (Å²) in [4.78, 5) is 29.1. The minimum atomic E-state index is -1.25. The van der Waals surface area contributed by atoms with Gasteiger partial charge in [-0.15, -0.1) is 0 Å². The van der Waals surface area contributed by atoms with Gasteiger partial charge in [0, 0.05) is 17.6 Å². The van der Waals surface area contributed by atoms with Gasteiger partial charge in [-0.25, -0.2) is 4.79 Å². The molecule has 6 nitrogen and oxygen atoms in total. The second-order valence-electron chi connectivity index (χ2n) is 6.56. The topological polar surface area (TPSA) is 91.3 Å². The Morgan fingerprint density at radius 2 is 2.00 bits per heavy atom. The first-order valence-electron chi connectivity index (χ1n) is 7.98. The summed E-state index contributed by atoms with van der Waals surface area (Å²) in [5.74, 6) is -1.38. The summed E-state index contributed by atoms with van der Waals surface area (Å²) in [6.07, 6.45) is 0.369. The minimum Gasteiger partial charge on any atom is -0.479 e. The van der Waals surface area contributed by atoms with Crippen LogP contribution in [0.2, 0.25) is 0 Å². The summed E-state index contributed by atoms with van der Waals surface area (Å²) in [7, 11) is 0. The molecule has 24 heavy (non-hydrogen) atoms. The lowest BCUT2D eigenvalue weighted by Gasteiger charge is -2.25. The number of pyridine rings is 1. The van der Waals surface area contributed by atoms with Crippen LogP contribution < -0.4 is 10.6 Å². The highest BCUT2D eigenvalue weighted by Crippen LogP contribution is 2.25. The zero-order valence-electron chi connectivity index (χ0n) is 14.1. The number of carboxylic acids is 1. The van der Waals surface area contributed by atoms with Gasteiger partial charge in [0.25, 0.3) is 5.91 Å². The third-order valence-electron chi connectivity index (χ3n) is 4.54. The van der Waals surface area contributed by atoms with Gasteiger partial charge in [-0.05, 0) is 51.4 Å². The SMILES string of the molecule is Cc1cc(C)c2nc(C)cc(C(=O)N[C@]3(C(=O)O)CCNC3)c2c1. The van der Waals surface area contributed by atoms with Crippen molar-refractivity contribution >= 4 is 22.8 Å². The van der Waals surface area contributed by atoms with Gasteiger partial charge < -0.3 is 15.7 Å². The van der Waals surface area contributed by atoms with Crippen LogP contribution in [0.3, 0.4) is 0 Å².